The molecule has 1 aliphatic heterocycles. The van der Waals surface area contributed by atoms with Crippen molar-refractivity contribution in [2.45, 2.75) is 12.8 Å². The van der Waals surface area contributed by atoms with E-state index in [0.717, 1.165) is 25.7 Å². The molecule has 0 amide bonds. The van der Waals surface area contributed by atoms with Crippen molar-refractivity contribution in [3.63, 3.8) is 0 Å². The molecule has 0 aromatic carbocycles. The van der Waals surface area contributed by atoms with Gasteiger partial charge in [0.05, 0.1) is 0 Å². The molecular formula is C7H13NOV. The van der Waals surface area contributed by atoms with Crippen molar-refractivity contribution in [1.29, 1.82) is 0 Å². The van der Waals surface area contributed by atoms with E-state index in [2.05, 4.69) is 22.3 Å². The molecule has 0 radical (unpaired) electrons. The van der Waals surface area contributed by atoms with Crippen LogP contribution in [0.2, 0.25) is 0 Å². The minimum atomic E-state index is 0.828. The van der Waals surface area contributed by atoms with Gasteiger partial charge in [0.25, 0.3) is 0 Å². The second kappa shape index (κ2) is 5.08. The van der Waals surface area contributed by atoms with E-state index in [1.807, 2.05) is 4.85 Å². The summed E-state index contributed by atoms with van der Waals surface area (Å²) in [7, 11) is 0. The molecule has 1 fully saturated rings. The van der Waals surface area contributed by atoms with Crippen LogP contribution < -0.4 is 5.32 Å². The molecule has 1 rings (SSSR count). The van der Waals surface area contributed by atoms with Crippen LogP contribution in [0.3, 0.4) is 0 Å². The van der Waals surface area contributed by atoms with Gasteiger partial charge in [0.2, 0.25) is 0 Å². The molecule has 57 valence electrons. The van der Waals surface area contributed by atoms with E-state index in [-0.39, 0.29) is 0 Å². The predicted octanol–water partition coefficient (Wildman–Crippen LogP) is 0.309. The topological polar surface area (TPSA) is 21.3 Å². The average Bonchev–Trinajstić information content (AvgIpc) is 2.03. The Morgan fingerprint density at radius 1 is 1.50 bits per heavy atom. The molecule has 1 N–H and O–H groups in total. The van der Waals surface area contributed by atoms with Crippen molar-refractivity contribution in [1.82, 2.24) is 5.32 Å². The summed E-state index contributed by atoms with van der Waals surface area (Å²) in [6.07, 6.45) is 2.43. The van der Waals surface area contributed by atoms with Gasteiger partial charge in [0, 0.05) is 0 Å². The fourth-order valence-corrected chi connectivity index (χ4v) is 1.33. The Morgan fingerprint density at radius 2 is 2.20 bits per heavy atom. The predicted molar refractivity (Wildman–Crippen MR) is 37.6 cm³/mol. The van der Waals surface area contributed by atoms with Gasteiger partial charge in [-0.1, -0.05) is 0 Å². The maximum absolute atomic E-state index is 5.24. The third-order valence-corrected chi connectivity index (χ3v) is 2.12. The quantitative estimate of drug-likeness (QED) is 0.671. The fourth-order valence-electron chi connectivity index (χ4n) is 1.17. The zero-order valence-electron chi connectivity index (χ0n) is 6.05. The van der Waals surface area contributed by atoms with Crippen LogP contribution in [0.25, 0.3) is 0 Å². The van der Waals surface area contributed by atoms with Gasteiger partial charge in [-0.3, -0.25) is 0 Å². The molecule has 0 unspecified atom stereocenters. The summed E-state index contributed by atoms with van der Waals surface area (Å²) in [6, 6.07) is 0. The molecule has 0 aliphatic carbocycles. The third kappa shape index (κ3) is 2.97. The molecule has 0 aromatic rings. The minimum absolute atomic E-state index is 0.828. The molecule has 10 heavy (non-hydrogen) atoms. The van der Waals surface area contributed by atoms with Crippen LogP contribution >= 0.6 is 0 Å². The Kier molecular flexibility index (Phi) is 4.30. The third-order valence-electron chi connectivity index (χ3n) is 1.84. The van der Waals surface area contributed by atoms with Gasteiger partial charge in [-0.2, -0.15) is 0 Å². The first kappa shape index (κ1) is 8.47. The van der Waals surface area contributed by atoms with Crippen molar-refractivity contribution in [3.8, 4) is 0 Å². The first-order chi connectivity index (χ1) is 4.93. The van der Waals surface area contributed by atoms with Crippen LogP contribution in [-0.4, -0.2) is 24.6 Å². The normalized spacial score (nSPS) is 20.7. The van der Waals surface area contributed by atoms with Gasteiger partial charge < -0.3 is 0 Å². The Morgan fingerprint density at radius 3 is 2.80 bits per heavy atom. The summed E-state index contributed by atoms with van der Waals surface area (Å²) in [5.41, 5.74) is 0. The summed E-state index contributed by atoms with van der Waals surface area (Å²) in [5, 5.41) is 3.21. The van der Waals surface area contributed by atoms with E-state index in [0.29, 0.717) is 0 Å². The van der Waals surface area contributed by atoms with Crippen molar-refractivity contribution in [2.24, 2.45) is 5.92 Å². The van der Waals surface area contributed by atoms with E-state index in [1.165, 1.54) is 12.8 Å². The van der Waals surface area contributed by atoms with Crippen molar-refractivity contribution >= 4 is 4.85 Å². The Balaban J connectivity index is 2.07. The van der Waals surface area contributed by atoms with Gasteiger partial charge in [-0.05, 0) is 0 Å². The van der Waals surface area contributed by atoms with Gasteiger partial charge in [-0.15, -0.1) is 0 Å². The Hall–Kier alpha value is 0.374. The Labute approximate surface area is 70.8 Å². The standard InChI is InChI=1S/C7H13NO.V/c1-8-6-7-2-4-9-5-3-7;/h1,7-8H,2-6H2;. The zero-order chi connectivity index (χ0) is 7.23. The number of hydrogen-bond donors (Lipinski definition) is 1. The van der Waals surface area contributed by atoms with Crippen LogP contribution in [0.4, 0.5) is 0 Å². The maximum atomic E-state index is 5.24. The van der Waals surface area contributed by atoms with Crippen LogP contribution in [0, 0.1) is 5.92 Å². The molecule has 2 nitrogen and oxygen atoms in total. The monoisotopic (exact) mass is 178 g/mol. The molecule has 3 heteroatoms. The molecule has 0 spiro atoms. The van der Waals surface area contributed by atoms with Gasteiger partial charge in [0.1, 0.15) is 0 Å². The second-order valence-electron chi connectivity index (χ2n) is 2.59. The van der Waals surface area contributed by atoms with E-state index in [1.54, 1.807) is 0 Å². The van der Waals surface area contributed by atoms with E-state index < -0.39 is 0 Å². The number of ether oxygens (including phenoxy) is 1. The van der Waals surface area contributed by atoms with Crippen LogP contribution in [0.15, 0.2) is 0 Å². The first-order valence-corrected chi connectivity index (χ1v) is 4.51. The molecule has 0 saturated carbocycles. The molecule has 1 aliphatic rings. The summed E-state index contributed by atoms with van der Waals surface area (Å²) in [4.78, 5) is 1.95. The summed E-state index contributed by atoms with van der Waals surface area (Å²) in [6.45, 7) is 3.01. The number of rotatable bonds is 3. The molecule has 0 aromatic heterocycles. The van der Waals surface area contributed by atoms with Crippen LogP contribution in [0.5, 0.6) is 0 Å². The van der Waals surface area contributed by atoms with E-state index >= 15 is 0 Å². The van der Waals surface area contributed by atoms with E-state index in [9.17, 15) is 0 Å². The van der Waals surface area contributed by atoms with Crippen molar-refractivity contribution in [2.75, 3.05) is 19.8 Å². The zero-order valence-corrected chi connectivity index (χ0v) is 7.44. The van der Waals surface area contributed by atoms with Gasteiger partial charge in [-0.25, -0.2) is 0 Å². The number of hydrogen-bond acceptors (Lipinski definition) is 2. The van der Waals surface area contributed by atoms with Crippen LogP contribution in [0.1, 0.15) is 12.8 Å². The summed E-state index contributed by atoms with van der Waals surface area (Å²) in [5.74, 6) is 0.828. The van der Waals surface area contributed by atoms with Gasteiger partial charge >= 0.3 is 70.4 Å². The SMILES string of the molecule is [V]=[CH]NCC1CCOCC1. The molecule has 0 atom stereocenters. The first-order valence-electron chi connectivity index (χ1n) is 3.70. The Bertz CT molecular complexity index is 102. The van der Waals surface area contributed by atoms with Crippen LogP contribution in [-0.2, 0) is 21.7 Å². The van der Waals surface area contributed by atoms with E-state index in [4.69, 9.17) is 4.74 Å². The van der Waals surface area contributed by atoms with Gasteiger partial charge in [0.15, 0.2) is 0 Å². The average molecular weight is 178 g/mol. The second-order valence-corrected chi connectivity index (χ2v) is 3.00. The fraction of sp³-hybridized carbons (Fsp3) is 0.857. The summed E-state index contributed by atoms with van der Waals surface area (Å²) >= 11 is 2.42. The van der Waals surface area contributed by atoms with Crippen molar-refractivity contribution in [3.05, 3.63) is 0 Å². The molecular weight excluding hydrogens is 165 g/mol. The van der Waals surface area contributed by atoms with Crippen molar-refractivity contribution < 1.29 is 21.7 Å². The molecule has 1 heterocycles. The molecule has 1 saturated heterocycles. The number of nitrogens with one attached hydrogen (secondary N) is 1. The summed E-state index contributed by atoms with van der Waals surface area (Å²) < 4.78 is 5.24. The molecule has 0 bridgehead atoms.